The summed E-state index contributed by atoms with van der Waals surface area (Å²) in [5.41, 5.74) is 0. The van der Waals surface area contributed by atoms with Gasteiger partial charge in [0.2, 0.25) is 5.91 Å². The average Bonchev–Trinajstić information content (AvgIpc) is 2.66. The average molecular weight is 186 g/mol. The molecule has 3 N–H and O–H groups in total. The number of amides is 1. The number of carbonyl (C=O) groups is 1. The highest BCUT2D eigenvalue weighted by Gasteiger charge is 2.23. The standard InChI is InChI=1S/C9H18N2O2/c1-2-7(6-12)11-9(13)8-4-3-5-10-8/h7-8,10,12H,2-6H2,1H3,(H,11,13). The molecule has 0 saturated carbocycles. The first-order chi connectivity index (χ1) is 6.27. The van der Waals surface area contributed by atoms with Crippen molar-refractivity contribution in [1.82, 2.24) is 10.6 Å². The summed E-state index contributed by atoms with van der Waals surface area (Å²) in [5, 5.41) is 14.8. The minimum absolute atomic E-state index is 0.0228. The molecule has 2 unspecified atom stereocenters. The van der Waals surface area contributed by atoms with Crippen LogP contribution < -0.4 is 10.6 Å². The highest BCUT2D eigenvalue weighted by molar-refractivity contribution is 5.82. The number of aliphatic hydroxyl groups is 1. The van der Waals surface area contributed by atoms with Gasteiger partial charge in [-0.25, -0.2) is 0 Å². The molecule has 2 atom stereocenters. The number of rotatable bonds is 4. The van der Waals surface area contributed by atoms with Crippen molar-refractivity contribution >= 4 is 5.91 Å². The second kappa shape index (κ2) is 5.19. The second-order valence-electron chi connectivity index (χ2n) is 3.45. The van der Waals surface area contributed by atoms with E-state index in [1.54, 1.807) is 0 Å². The van der Waals surface area contributed by atoms with Gasteiger partial charge in [0.15, 0.2) is 0 Å². The fourth-order valence-electron chi connectivity index (χ4n) is 1.49. The van der Waals surface area contributed by atoms with Gasteiger partial charge in [0.05, 0.1) is 18.7 Å². The van der Waals surface area contributed by atoms with Gasteiger partial charge in [-0.05, 0) is 25.8 Å². The first kappa shape index (κ1) is 10.5. The topological polar surface area (TPSA) is 61.4 Å². The maximum atomic E-state index is 11.5. The van der Waals surface area contributed by atoms with Crippen LogP contribution in [-0.2, 0) is 4.79 Å². The molecule has 0 aromatic rings. The molecule has 1 saturated heterocycles. The molecule has 0 aromatic carbocycles. The molecule has 1 amide bonds. The zero-order valence-electron chi connectivity index (χ0n) is 8.05. The zero-order chi connectivity index (χ0) is 9.68. The van der Waals surface area contributed by atoms with Crippen molar-refractivity contribution in [3.63, 3.8) is 0 Å². The maximum Gasteiger partial charge on any atom is 0.237 e. The molecular formula is C9H18N2O2. The molecule has 0 radical (unpaired) electrons. The summed E-state index contributed by atoms with van der Waals surface area (Å²) in [6.07, 6.45) is 2.75. The monoisotopic (exact) mass is 186 g/mol. The van der Waals surface area contributed by atoms with Gasteiger partial charge in [-0.3, -0.25) is 4.79 Å². The molecule has 1 aliphatic rings. The first-order valence-electron chi connectivity index (χ1n) is 4.92. The van der Waals surface area contributed by atoms with Crippen molar-refractivity contribution in [2.75, 3.05) is 13.2 Å². The summed E-state index contributed by atoms with van der Waals surface area (Å²) in [5.74, 6) is 0.0263. The van der Waals surface area contributed by atoms with Crippen LogP contribution in [0.5, 0.6) is 0 Å². The first-order valence-corrected chi connectivity index (χ1v) is 4.92. The number of carbonyl (C=O) groups excluding carboxylic acids is 1. The van der Waals surface area contributed by atoms with Crippen molar-refractivity contribution in [2.45, 2.75) is 38.3 Å². The highest BCUT2D eigenvalue weighted by atomic mass is 16.3. The minimum Gasteiger partial charge on any atom is -0.394 e. The van der Waals surface area contributed by atoms with Crippen LogP contribution in [0.1, 0.15) is 26.2 Å². The van der Waals surface area contributed by atoms with Crippen LogP contribution in [0, 0.1) is 0 Å². The van der Waals surface area contributed by atoms with Crippen LogP contribution >= 0.6 is 0 Å². The molecule has 0 spiro atoms. The molecule has 76 valence electrons. The normalized spacial score (nSPS) is 24.3. The van der Waals surface area contributed by atoms with E-state index >= 15 is 0 Å². The second-order valence-corrected chi connectivity index (χ2v) is 3.45. The van der Waals surface area contributed by atoms with E-state index in [0.717, 1.165) is 25.8 Å². The van der Waals surface area contributed by atoms with E-state index in [1.807, 2.05) is 6.92 Å². The Hall–Kier alpha value is -0.610. The molecule has 4 nitrogen and oxygen atoms in total. The van der Waals surface area contributed by atoms with Gasteiger partial charge >= 0.3 is 0 Å². The van der Waals surface area contributed by atoms with Crippen molar-refractivity contribution in [2.24, 2.45) is 0 Å². The molecule has 4 heteroatoms. The SMILES string of the molecule is CCC(CO)NC(=O)C1CCCN1. The van der Waals surface area contributed by atoms with Gasteiger partial charge in [0.25, 0.3) is 0 Å². The zero-order valence-corrected chi connectivity index (χ0v) is 8.05. The van der Waals surface area contributed by atoms with Gasteiger partial charge in [-0.1, -0.05) is 6.92 Å². The lowest BCUT2D eigenvalue weighted by molar-refractivity contribution is -0.123. The number of hydrogen-bond donors (Lipinski definition) is 3. The third kappa shape index (κ3) is 2.97. The van der Waals surface area contributed by atoms with E-state index in [1.165, 1.54) is 0 Å². The van der Waals surface area contributed by atoms with Crippen LogP contribution in [0.3, 0.4) is 0 Å². The van der Waals surface area contributed by atoms with E-state index in [2.05, 4.69) is 10.6 Å². The fraction of sp³-hybridized carbons (Fsp3) is 0.889. The number of hydrogen-bond acceptors (Lipinski definition) is 3. The molecule has 1 aliphatic heterocycles. The minimum atomic E-state index is -0.0881. The van der Waals surface area contributed by atoms with E-state index in [0.29, 0.717) is 0 Å². The van der Waals surface area contributed by atoms with Crippen LogP contribution in [0.2, 0.25) is 0 Å². The largest absolute Gasteiger partial charge is 0.394 e. The molecule has 0 bridgehead atoms. The number of aliphatic hydroxyl groups excluding tert-OH is 1. The lowest BCUT2D eigenvalue weighted by Gasteiger charge is -2.17. The molecule has 1 fully saturated rings. The molecule has 0 aliphatic carbocycles. The molecule has 0 aromatic heterocycles. The van der Waals surface area contributed by atoms with Crippen LogP contribution in [0.25, 0.3) is 0 Å². The highest BCUT2D eigenvalue weighted by Crippen LogP contribution is 2.05. The lowest BCUT2D eigenvalue weighted by Crippen LogP contribution is -2.46. The Kier molecular flexibility index (Phi) is 4.18. The quantitative estimate of drug-likeness (QED) is 0.561. The van der Waals surface area contributed by atoms with Crippen LogP contribution in [0.15, 0.2) is 0 Å². The van der Waals surface area contributed by atoms with Gasteiger partial charge in [0.1, 0.15) is 0 Å². The summed E-state index contributed by atoms with van der Waals surface area (Å²) >= 11 is 0. The predicted octanol–water partition coefficient (Wildman–Crippen LogP) is -0.374. The van der Waals surface area contributed by atoms with Crippen LogP contribution in [0.4, 0.5) is 0 Å². The van der Waals surface area contributed by atoms with E-state index in [-0.39, 0.29) is 24.6 Å². The molecular weight excluding hydrogens is 168 g/mol. The van der Waals surface area contributed by atoms with E-state index < -0.39 is 0 Å². The van der Waals surface area contributed by atoms with Crippen molar-refractivity contribution in [1.29, 1.82) is 0 Å². The molecule has 13 heavy (non-hydrogen) atoms. The van der Waals surface area contributed by atoms with Crippen molar-refractivity contribution < 1.29 is 9.90 Å². The van der Waals surface area contributed by atoms with Gasteiger partial charge in [0, 0.05) is 0 Å². The summed E-state index contributed by atoms with van der Waals surface area (Å²) in [4.78, 5) is 11.5. The fourth-order valence-corrected chi connectivity index (χ4v) is 1.49. The van der Waals surface area contributed by atoms with Crippen LogP contribution in [-0.4, -0.2) is 36.2 Å². The summed E-state index contributed by atoms with van der Waals surface area (Å²) in [6, 6.07) is -0.129. The van der Waals surface area contributed by atoms with Gasteiger partial charge < -0.3 is 15.7 Å². The Bertz CT molecular complexity index is 163. The summed E-state index contributed by atoms with van der Waals surface area (Å²) < 4.78 is 0. The Morgan fingerprint density at radius 2 is 2.54 bits per heavy atom. The Balaban J connectivity index is 2.30. The predicted molar refractivity (Wildman–Crippen MR) is 50.3 cm³/mol. The third-order valence-corrected chi connectivity index (χ3v) is 2.44. The Morgan fingerprint density at radius 3 is 3.00 bits per heavy atom. The summed E-state index contributed by atoms with van der Waals surface area (Å²) in [6.45, 7) is 2.90. The molecule has 1 heterocycles. The molecule has 1 rings (SSSR count). The number of nitrogens with one attached hydrogen (secondary N) is 2. The van der Waals surface area contributed by atoms with Gasteiger partial charge in [-0.15, -0.1) is 0 Å². The smallest absolute Gasteiger partial charge is 0.237 e. The lowest BCUT2D eigenvalue weighted by atomic mass is 10.2. The Morgan fingerprint density at radius 1 is 1.77 bits per heavy atom. The summed E-state index contributed by atoms with van der Waals surface area (Å²) in [7, 11) is 0. The third-order valence-electron chi connectivity index (χ3n) is 2.44. The maximum absolute atomic E-state index is 11.5. The Labute approximate surface area is 78.7 Å². The van der Waals surface area contributed by atoms with Gasteiger partial charge in [-0.2, -0.15) is 0 Å². The van der Waals surface area contributed by atoms with E-state index in [9.17, 15) is 4.79 Å². The van der Waals surface area contributed by atoms with E-state index in [4.69, 9.17) is 5.11 Å². The van der Waals surface area contributed by atoms with Crippen molar-refractivity contribution in [3.8, 4) is 0 Å². The van der Waals surface area contributed by atoms with Crippen molar-refractivity contribution in [3.05, 3.63) is 0 Å².